The molecule has 0 aliphatic rings. The molecule has 0 unspecified atom stereocenters. The SMILES string of the molecule is c1coc(-c2ncc(CNCCSc3ncn[nH]3)cn2)c1. The average molecular weight is 302 g/mol. The first-order chi connectivity index (χ1) is 10.4. The van der Waals surface area contributed by atoms with Gasteiger partial charge < -0.3 is 9.73 Å². The van der Waals surface area contributed by atoms with E-state index in [4.69, 9.17) is 4.42 Å². The Balaban J connectivity index is 1.41. The maximum absolute atomic E-state index is 5.25. The fourth-order valence-corrected chi connectivity index (χ4v) is 2.37. The third kappa shape index (κ3) is 3.89. The number of H-pyrrole nitrogens is 1. The van der Waals surface area contributed by atoms with Gasteiger partial charge >= 0.3 is 0 Å². The van der Waals surface area contributed by atoms with E-state index in [1.807, 2.05) is 12.1 Å². The van der Waals surface area contributed by atoms with Crippen molar-refractivity contribution in [3.8, 4) is 11.6 Å². The van der Waals surface area contributed by atoms with E-state index in [9.17, 15) is 0 Å². The van der Waals surface area contributed by atoms with Crippen LogP contribution in [0.3, 0.4) is 0 Å². The van der Waals surface area contributed by atoms with Gasteiger partial charge in [-0.2, -0.15) is 5.10 Å². The zero-order chi connectivity index (χ0) is 14.3. The highest BCUT2D eigenvalue weighted by atomic mass is 32.2. The van der Waals surface area contributed by atoms with Crippen LogP contribution in [-0.4, -0.2) is 37.4 Å². The van der Waals surface area contributed by atoms with Crippen LogP contribution in [0, 0.1) is 0 Å². The van der Waals surface area contributed by atoms with Crippen LogP contribution in [0.5, 0.6) is 0 Å². The maximum atomic E-state index is 5.25. The highest BCUT2D eigenvalue weighted by molar-refractivity contribution is 7.99. The first kappa shape index (κ1) is 13.8. The Kier molecular flexibility index (Phi) is 4.59. The molecule has 21 heavy (non-hydrogen) atoms. The molecule has 0 bridgehead atoms. The molecule has 2 N–H and O–H groups in total. The lowest BCUT2D eigenvalue weighted by atomic mass is 10.3. The summed E-state index contributed by atoms with van der Waals surface area (Å²) >= 11 is 1.63. The van der Waals surface area contributed by atoms with Crippen LogP contribution in [0.2, 0.25) is 0 Å². The van der Waals surface area contributed by atoms with Gasteiger partial charge in [-0.05, 0) is 12.1 Å². The van der Waals surface area contributed by atoms with Crippen molar-refractivity contribution in [2.75, 3.05) is 12.3 Å². The van der Waals surface area contributed by atoms with Crippen molar-refractivity contribution in [2.24, 2.45) is 0 Å². The van der Waals surface area contributed by atoms with E-state index >= 15 is 0 Å². The molecule has 108 valence electrons. The number of hydrogen-bond donors (Lipinski definition) is 2. The fourth-order valence-electron chi connectivity index (χ4n) is 1.70. The summed E-state index contributed by atoms with van der Waals surface area (Å²) in [4.78, 5) is 12.6. The number of aromatic amines is 1. The van der Waals surface area contributed by atoms with E-state index in [0.717, 1.165) is 29.6 Å². The van der Waals surface area contributed by atoms with Crippen molar-refractivity contribution in [1.82, 2.24) is 30.5 Å². The number of aromatic nitrogens is 5. The van der Waals surface area contributed by atoms with E-state index in [0.29, 0.717) is 11.6 Å². The quantitative estimate of drug-likeness (QED) is 0.507. The summed E-state index contributed by atoms with van der Waals surface area (Å²) in [6.07, 6.45) is 6.73. The molecule has 3 heterocycles. The minimum Gasteiger partial charge on any atom is -0.461 e. The molecule has 0 saturated heterocycles. The van der Waals surface area contributed by atoms with E-state index in [2.05, 4.69) is 30.5 Å². The molecular weight excluding hydrogens is 288 g/mol. The summed E-state index contributed by atoms with van der Waals surface area (Å²) in [7, 11) is 0. The Hall–Kier alpha value is -2.19. The molecule has 3 aromatic rings. The Morgan fingerprint density at radius 2 is 2.14 bits per heavy atom. The van der Waals surface area contributed by atoms with E-state index in [1.165, 1.54) is 6.33 Å². The zero-order valence-electron chi connectivity index (χ0n) is 11.2. The third-order valence-corrected chi connectivity index (χ3v) is 3.56. The summed E-state index contributed by atoms with van der Waals surface area (Å²) in [5.74, 6) is 2.20. The molecule has 0 spiro atoms. The van der Waals surface area contributed by atoms with Gasteiger partial charge in [-0.1, -0.05) is 11.8 Å². The third-order valence-electron chi connectivity index (χ3n) is 2.69. The van der Waals surface area contributed by atoms with Crippen molar-refractivity contribution in [2.45, 2.75) is 11.7 Å². The van der Waals surface area contributed by atoms with Gasteiger partial charge in [0.2, 0.25) is 0 Å². The van der Waals surface area contributed by atoms with Gasteiger partial charge in [0.05, 0.1) is 6.26 Å². The minimum atomic E-state index is 0.602. The summed E-state index contributed by atoms with van der Waals surface area (Å²) < 4.78 is 5.25. The molecule has 3 aromatic heterocycles. The monoisotopic (exact) mass is 302 g/mol. The largest absolute Gasteiger partial charge is 0.461 e. The van der Waals surface area contributed by atoms with E-state index < -0.39 is 0 Å². The molecule has 7 nitrogen and oxygen atoms in total. The highest BCUT2D eigenvalue weighted by Gasteiger charge is 2.03. The Labute approximate surface area is 125 Å². The first-order valence-electron chi connectivity index (χ1n) is 6.45. The van der Waals surface area contributed by atoms with Gasteiger partial charge in [-0.15, -0.1) is 0 Å². The Bertz CT molecular complexity index is 638. The van der Waals surface area contributed by atoms with Crippen LogP contribution in [-0.2, 0) is 6.54 Å². The number of thioether (sulfide) groups is 1. The molecule has 3 rings (SSSR count). The zero-order valence-corrected chi connectivity index (χ0v) is 12.0. The van der Waals surface area contributed by atoms with Gasteiger partial charge in [-0.25, -0.2) is 15.0 Å². The fraction of sp³-hybridized carbons (Fsp3) is 0.231. The highest BCUT2D eigenvalue weighted by Crippen LogP contribution is 2.14. The van der Waals surface area contributed by atoms with E-state index in [-0.39, 0.29) is 0 Å². The standard InChI is InChI=1S/C13H14N6OS/c1-2-11(20-4-1)12-15-7-10(8-16-12)6-14-3-5-21-13-17-9-18-19-13/h1-2,4,7-9,14H,3,5-6H2,(H,17,18,19). The number of furan rings is 1. The predicted octanol–water partition coefficient (Wildman–Crippen LogP) is 1.74. The molecule has 0 aliphatic carbocycles. The second-order valence-corrected chi connectivity index (χ2v) is 5.29. The lowest BCUT2D eigenvalue weighted by Crippen LogP contribution is -2.16. The van der Waals surface area contributed by atoms with Crippen molar-refractivity contribution >= 4 is 11.8 Å². The van der Waals surface area contributed by atoms with Crippen molar-refractivity contribution in [3.05, 3.63) is 42.7 Å². The van der Waals surface area contributed by atoms with Crippen LogP contribution in [0.4, 0.5) is 0 Å². The van der Waals surface area contributed by atoms with Gasteiger partial charge in [0.25, 0.3) is 0 Å². The van der Waals surface area contributed by atoms with Gasteiger partial charge in [0.1, 0.15) is 6.33 Å². The lowest BCUT2D eigenvalue weighted by Gasteiger charge is -2.04. The molecule has 0 fully saturated rings. The van der Waals surface area contributed by atoms with Crippen molar-refractivity contribution in [1.29, 1.82) is 0 Å². The van der Waals surface area contributed by atoms with Gasteiger partial charge in [0.15, 0.2) is 16.7 Å². The first-order valence-corrected chi connectivity index (χ1v) is 7.44. The topological polar surface area (TPSA) is 92.5 Å². The molecule has 0 radical (unpaired) electrons. The second kappa shape index (κ2) is 7.00. The molecule has 8 heteroatoms. The van der Waals surface area contributed by atoms with Crippen LogP contribution >= 0.6 is 11.8 Å². The molecule has 0 aromatic carbocycles. The summed E-state index contributed by atoms with van der Waals surface area (Å²) in [5.41, 5.74) is 1.04. The molecular formula is C13H14N6OS. The molecule has 0 amide bonds. The molecule has 0 aliphatic heterocycles. The Morgan fingerprint density at radius 3 is 2.86 bits per heavy atom. The Morgan fingerprint density at radius 1 is 1.24 bits per heavy atom. The maximum Gasteiger partial charge on any atom is 0.195 e. The number of rotatable bonds is 7. The number of nitrogens with zero attached hydrogens (tertiary/aromatic N) is 4. The van der Waals surface area contributed by atoms with Gasteiger partial charge in [0, 0.05) is 36.8 Å². The average Bonchev–Trinajstić information content (AvgIpc) is 3.21. The van der Waals surface area contributed by atoms with Crippen molar-refractivity contribution < 1.29 is 4.42 Å². The lowest BCUT2D eigenvalue weighted by molar-refractivity contribution is 0.577. The van der Waals surface area contributed by atoms with Crippen LogP contribution in [0.25, 0.3) is 11.6 Å². The van der Waals surface area contributed by atoms with E-state index in [1.54, 1.807) is 30.4 Å². The normalized spacial score (nSPS) is 10.9. The number of nitrogens with one attached hydrogen (secondary N) is 2. The van der Waals surface area contributed by atoms with Crippen LogP contribution in [0.1, 0.15) is 5.56 Å². The summed E-state index contributed by atoms with van der Waals surface area (Å²) in [5, 5.41) is 10.8. The smallest absolute Gasteiger partial charge is 0.195 e. The van der Waals surface area contributed by atoms with Crippen LogP contribution in [0.15, 0.2) is 46.7 Å². The number of hydrogen-bond acceptors (Lipinski definition) is 7. The summed E-state index contributed by atoms with van der Waals surface area (Å²) in [6, 6.07) is 3.66. The minimum absolute atomic E-state index is 0.602. The molecule has 0 saturated carbocycles. The predicted molar refractivity (Wildman–Crippen MR) is 78.5 cm³/mol. The second-order valence-electron chi connectivity index (χ2n) is 4.21. The van der Waals surface area contributed by atoms with Crippen LogP contribution < -0.4 is 5.32 Å². The van der Waals surface area contributed by atoms with Gasteiger partial charge in [-0.3, -0.25) is 5.10 Å². The summed E-state index contributed by atoms with van der Waals surface area (Å²) in [6.45, 7) is 1.60. The molecule has 0 atom stereocenters. The van der Waals surface area contributed by atoms with Crippen molar-refractivity contribution in [3.63, 3.8) is 0 Å².